The predicted octanol–water partition coefficient (Wildman–Crippen LogP) is 6.85. The van der Waals surface area contributed by atoms with E-state index in [2.05, 4.69) is 40.3 Å². The first-order valence-corrected chi connectivity index (χ1v) is 12.1. The second-order valence-corrected chi connectivity index (χ2v) is 11.6. The Labute approximate surface area is 168 Å². The minimum atomic E-state index is -0.0209. The van der Waals surface area contributed by atoms with Crippen LogP contribution in [0.5, 0.6) is 0 Å². The SMILES string of the molecule is C=CCCC(C)C1CCC2C3CCC4CC(O)CCC4(C)C3CC(C)C12C. The van der Waals surface area contributed by atoms with Gasteiger partial charge in [0, 0.05) is 0 Å². The molecule has 4 rings (SSSR count). The van der Waals surface area contributed by atoms with Crippen LogP contribution in [-0.4, -0.2) is 11.2 Å². The van der Waals surface area contributed by atoms with Gasteiger partial charge in [0.05, 0.1) is 6.10 Å². The summed E-state index contributed by atoms with van der Waals surface area (Å²) in [6.07, 6.45) is 15.2. The molecule has 10 unspecified atom stereocenters. The third-order valence-corrected chi connectivity index (χ3v) is 10.8. The molecule has 1 heteroatoms. The average Bonchev–Trinajstić information content (AvgIpc) is 3.00. The van der Waals surface area contributed by atoms with Crippen molar-refractivity contribution in [1.82, 2.24) is 0 Å². The van der Waals surface area contributed by atoms with Gasteiger partial charge >= 0.3 is 0 Å². The van der Waals surface area contributed by atoms with Gasteiger partial charge in [0.2, 0.25) is 0 Å². The Hall–Kier alpha value is -0.300. The van der Waals surface area contributed by atoms with Gasteiger partial charge in [0.1, 0.15) is 0 Å². The summed E-state index contributed by atoms with van der Waals surface area (Å²) in [5.74, 6) is 6.21. The van der Waals surface area contributed by atoms with E-state index in [0.29, 0.717) is 10.8 Å². The summed E-state index contributed by atoms with van der Waals surface area (Å²) in [6, 6.07) is 0. The maximum absolute atomic E-state index is 10.3. The lowest BCUT2D eigenvalue weighted by atomic mass is 9.42. The van der Waals surface area contributed by atoms with Crippen LogP contribution in [0.4, 0.5) is 0 Å². The second kappa shape index (κ2) is 7.19. The van der Waals surface area contributed by atoms with E-state index >= 15 is 0 Å². The first-order valence-electron chi connectivity index (χ1n) is 12.1. The molecule has 4 saturated carbocycles. The Morgan fingerprint density at radius 1 is 1.07 bits per heavy atom. The third kappa shape index (κ3) is 2.97. The number of aliphatic hydroxyl groups excluding tert-OH is 1. The Balaban J connectivity index is 1.58. The molecule has 27 heavy (non-hydrogen) atoms. The fourth-order valence-corrected chi connectivity index (χ4v) is 9.12. The zero-order chi connectivity index (χ0) is 19.4. The molecule has 0 radical (unpaired) electrons. The van der Waals surface area contributed by atoms with Gasteiger partial charge in [-0.05, 0) is 116 Å². The Morgan fingerprint density at radius 2 is 1.85 bits per heavy atom. The van der Waals surface area contributed by atoms with Crippen molar-refractivity contribution in [1.29, 1.82) is 0 Å². The first kappa shape index (κ1) is 20.0. The van der Waals surface area contributed by atoms with E-state index in [1.54, 1.807) is 0 Å². The molecule has 0 aliphatic heterocycles. The van der Waals surface area contributed by atoms with E-state index in [9.17, 15) is 5.11 Å². The summed E-state index contributed by atoms with van der Waals surface area (Å²) >= 11 is 0. The quantitative estimate of drug-likeness (QED) is 0.535. The van der Waals surface area contributed by atoms with E-state index < -0.39 is 0 Å². The highest BCUT2D eigenvalue weighted by molar-refractivity contribution is 5.11. The summed E-state index contributed by atoms with van der Waals surface area (Å²) in [7, 11) is 0. The number of rotatable bonds is 4. The zero-order valence-corrected chi connectivity index (χ0v) is 18.4. The topological polar surface area (TPSA) is 20.2 Å². The van der Waals surface area contributed by atoms with Crippen LogP contribution >= 0.6 is 0 Å². The fraction of sp³-hybridized carbons (Fsp3) is 0.923. The first-order chi connectivity index (χ1) is 12.8. The van der Waals surface area contributed by atoms with E-state index in [1.165, 1.54) is 51.4 Å². The number of hydrogen-bond donors (Lipinski definition) is 1. The van der Waals surface area contributed by atoms with Crippen LogP contribution in [0.25, 0.3) is 0 Å². The molecule has 0 aromatic rings. The second-order valence-electron chi connectivity index (χ2n) is 11.6. The Morgan fingerprint density at radius 3 is 2.59 bits per heavy atom. The lowest BCUT2D eigenvalue weighted by Gasteiger charge is -2.63. The third-order valence-electron chi connectivity index (χ3n) is 10.8. The molecule has 1 N–H and O–H groups in total. The Bertz CT molecular complexity index is 554. The maximum atomic E-state index is 10.3. The largest absolute Gasteiger partial charge is 0.393 e. The average molecular weight is 373 g/mol. The van der Waals surface area contributed by atoms with Gasteiger partial charge in [-0.15, -0.1) is 6.58 Å². The normalized spacial score (nSPS) is 53.1. The molecule has 0 amide bonds. The van der Waals surface area contributed by atoms with Gasteiger partial charge in [-0.3, -0.25) is 0 Å². The van der Waals surface area contributed by atoms with Crippen molar-refractivity contribution in [2.24, 2.45) is 52.3 Å². The zero-order valence-electron chi connectivity index (χ0n) is 18.4. The molecule has 4 aliphatic carbocycles. The van der Waals surface area contributed by atoms with Gasteiger partial charge in [0.15, 0.2) is 0 Å². The summed E-state index contributed by atoms with van der Waals surface area (Å²) in [4.78, 5) is 0. The van der Waals surface area contributed by atoms with Crippen molar-refractivity contribution in [3.05, 3.63) is 12.7 Å². The van der Waals surface area contributed by atoms with Crippen molar-refractivity contribution in [2.75, 3.05) is 0 Å². The lowest BCUT2D eigenvalue weighted by Crippen LogP contribution is -2.56. The number of hydrogen-bond acceptors (Lipinski definition) is 1. The van der Waals surface area contributed by atoms with Crippen LogP contribution in [-0.2, 0) is 0 Å². The molecule has 0 aromatic heterocycles. The van der Waals surface area contributed by atoms with Gasteiger partial charge in [0.25, 0.3) is 0 Å². The molecule has 0 aromatic carbocycles. The van der Waals surface area contributed by atoms with E-state index in [-0.39, 0.29) is 6.10 Å². The maximum Gasteiger partial charge on any atom is 0.0543 e. The van der Waals surface area contributed by atoms with Crippen LogP contribution in [0.3, 0.4) is 0 Å². The molecule has 154 valence electrons. The summed E-state index contributed by atoms with van der Waals surface area (Å²) < 4.78 is 0. The van der Waals surface area contributed by atoms with Gasteiger partial charge in [-0.25, -0.2) is 0 Å². The van der Waals surface area contributed by atoms with Gasteiger partial charge in [-0.1, -0.05) is 33.8 Å². The van der Waals surface area contributed by atoms with Crippen molar-refractivity contribution in [3.8, 4) is 0 Å². The molecular weight excluding hydrogens is 328 g/mol. The number of aliphatic hydroxyl groups is 1. The standard InChI is InChI=1S/C26H44O/c1-6-7-8-17(2)22-11-12-23-21-10-9-19-16-20(27)13-14-25(19,4)24(21)15-18(3)26(22,23)5/h6,17-24,27H,1,7-16H2,2-5H3. The fourth-order valence-electron chi connectivity index (χ4n) is 9.12. The molecule has 0 saturated heterocycles. The highest BCUT2D eigenvalue weighted by Gasteiger charge is 2.62. The highest BCUT2D eigenvalue weighted by atomic mass is 16.3. The van der Waals surface area contributed by atoms with Crippen LogP contribution in [0, 0.1) is 52.3 Å². The summed E-state index contributed by atoms with van der Waals surface area (Å²) in [5, 5.41) is 10.3. The molecular formula is C26H44O. The summed E-state index contributed by atoms with van der Waals surface area (Å²) in [6.45, 7) is 14.4. The summed E-state index contributed by atoms with van der Waals surface area (Å²) in [5.41, 5.74) is 1.06. The van der Waals surface area contributed by atoms with Crippen molar-refractivity contribution in [3.63, 3.8) is 0 Å². The smallest absolute Gasteiger partial charge is 0.0543 e. The minimum Gasteiger partial charge on any atom is -0.393 e. The Kier molecular flexibility index (Phi) is 5.32. The van der Waals surface area contributed by atoms with Crippen LogP contribution in [0.15, 0.2) is 12.7 Å². The van der Waals surface area contributed by atoms with Crippen molar-refractivity contribution in [2.45, 2.75) is 98.0 Å². The monoisotopic (exact) mass is 372 g/mol. The molecule has 10 atom stereocenters. The van der Waals surface area contributed by atoms with Crippen molar-refractivity contribution < 1.29 is 5.11 Å². The van der Waals surface area contributed by atoms with E-state index in [4.69, 9.17) is 0 Å². The van der Waals surface area contributed by atoms with Crippen LogP contribution in [0.2, 0.25) is 0 Å². The lowest BCUT2D eigenvalue weighted by molar-refractivity contribution is -0.149. The van der Waals surface area contributed by atoms with Gasteiger partial charge in [-0.2, -0.15) is 0 Å². The number of fused-ring (bicyclic) bond motifs is 5. The predicted molar refractivity (Wildman–Crippen MR) is 114 cm³/mol. The van der Waals surface area contributed by atoms with Crippen molar-refractivity contribution >= 4 is 0 Å². The van der Waals surface area contributed by atoms with E-state index in [1.807, 2.05) is 0 Å². The van der Waals surface area contributed by atoms with Gasteiger partial charge < -0.3 is 5.11 Å². The molecule has 0 bridgehead atoms. The van der Waals surface area contributed by atoms with E-state index in [0.717, 1.165) is 54.3 Å². The van der Waals surface area contributed by atoms with Crippen LogP contribution < -0.4 is 0 Å². The molecule has 4 aliphatic rings. The molecule has 4 fully saturated rings. The number of allylic oxidation sites excluding steroid dienone is 1. The molecule has 0 spiro atoms. The highest BCUT2D eigenvalue weighted by Crippen LogP contribution is 2.69. The van der Waals surface area contributed by atoms with Crippen LogP contribution in [0.1, 0.15) is 91.9 Å². The molecule has 0 heterocycles. The molecule has 1 nitrogen and oxygen atoms in total. The minimum absolute atomic E-state index is 0.0209.